The standard InChI is InChI=1S/C5H12O2.Na.H/c1-5(2,3-6)4-7;;/h6-7H,3-4H2,1-2H3;;. The molecule has 0 aliphatic rings. The molecule has 0 aromatic carbocycles. The Hall–Kier alpha value is 0.920. The van der Waals surface area contributed by atoms with Gasteiger partial charge in [0.25, 0.3) is 0 Å². The van der Waals surface area contributed by atoms with Crippen molar-refractivity contribution in [3.05, 3.63) is 0 Å². The quantitative estimate of drug-likeness (QED) is 0.485. The van der Waals surface area contributed by atoms with Gasteiger partial charge in [-0.3, -0.25) is 0 Å². The second kappa shape index (κ2) is 4.77. The van der Waals surface area contributed by atoms with Gasteiger partial charge in [-0.15, -0.1) is 0 Å². The van der Waals surface area contributed by atoms with Crippen LogP contribution in [0.4, 0.5) is 0 Å². The Morgan fingerprint density at radius 3 is 1.38 bits per heavy atom. The van der Waals surface area contributed by atoms with Crippen LogP contribution in [0.5, 0.6) is 0 Å². The van der Waals surface area contributed by atoms with Gasteiger partial charge in [0.15, 0.2) is 0 Å². The van der Waals surface area contributed by atoms with Crippen molar-refractivity contribution < 1.29 is 10.2 Å². The van der Waals surface area contributed by atoms with Crippen LogP contribution in [0.2, 0.25) is 0 Å². The molecule has 2 nitrogen and oxygen atoms in total. The van der Waals surface area contributed by atoms with Crippen molar-refractivity contribution in [2.75, 3.05) is 13.2 Å². The number of rotatable bonds is 2. The van der Waals surface area contributed by atoms with Crippen LogP contribution in [0.25, 0.3) is 0 Å². The maximum absolute atomic E-state index is 8.43. The van der Waals surface area contributed by atoms with Crippen molar-refractivity contribution in [2.45, 2.75) is 13.8 Å². The van der Waals surface area contributed by atoms with Crippen LogP contribution < -0.4 is 0 Å². The Morgan fingerprint density at radius 1 is 1.12 bits per heavy atom. The molecule has 0 heterocycles. The normalized spacial score (nSPS) is 10.5. The molecule has 0 aromatic rings. The second-order valence-electron chi connectivity index (χ2n) is 2.48. The molecule has 0 spiro atoms. The fourth-order valence-corrected chi connectivity index (χ4v) is 0.0500. The minimum atomic E-state index is -0.306. The number of hydrogen-bond acceptors (Lipinski definition) is 2. The van der Waals surface area contributed by atoms with Gasteiger partial charge in [0, 0.05) is 5.41 Å². The van der Waals surface area contributed by atoms with Crippen molar-refractivity contribution in [1.29, 1.82) is 0 Å². The Balaban J connectivity index is 0. The molecule has 0 aromatic heterocycles. The van der Waals surface area contributed by atoms with Crippen molar-refractivity contribution in [1.82, 2.24) is 0 Å². The molecule has 0 fully saturated rings. The topological polar surface area (TPSA) is 40.5 Å². The van der Waals surface area contributed by atoms with Gasteiger partial charge >= 0.3 is 29.6 Å². The molecule has 0 saturated carbocycles. The van der Waals surface area contributed by atoms with E-state index in [0.29, 0.717) is 0 Å². The Bertz CT molecular complexity index is 48.4. The molecule has 0 atom stereocenters. The van der Waals surface area contributed by atoms with E-state index in [1.165, 1.54) is 0 Å². The fraction of sp³-hybridized carbons (Fsp3) is 1.00. The van der Waals surface area contributed by atoms with Crippen LogP contribution in [0.15, 0.2) is 0 Å². The molecule has 8 heavy (non-hydrogen) atoms. The van der Waals surface area contributed by atoms with Crippen molar-refractivity contribution in [3.63, 3.8) is 0 Å². The van der Waals surface area contributed by atoms with Gasteiger partial charge in [-0.1, -0.05) is 13.8 Å². The van der Waals surface area contributed by atoms with Gasteiger partial charge in [-0.2, -0.15) is 0 Å². The molecule has 0 bridgehead atoms. The average Bonchev–Trinajstić information content (AvgIpc) is 1.68. The minimum absolute atomic E-state index is 0. The maximum atomic E-state index is 8.43. The molecule has 3 heteroatoms. The molecular formula is C5H13NaO2. The summed E-state index contributed by atoms with van der Waals surface area (Å²) in [4.78, 5) is 0. The molecule has 0 amide bonds. The summed E-state index contributed by atoms with van der Waals surface area (Å²) >= 11 is 0. The van der Waals surface area contributed by atoms with Crippen LogP contribution in [0.3, 0.4) is 0 Å². The van der Waals surface area contributed by atoms with E-state index in [4.69, 9.17) is 10.2 Å². The Kier molecular flexibility index (Phi) is 6.96. The van der Waals surface area contributed by atoms with Crippen molar-refractivity contribution in [3.8, 4) is 0 Å². The first kappa shape index (κ1) is 11.7. The summed E-state index contributed by atoms with van der Waals surface area (Å²) < 4.78 is 0. The average molecular weight is 128 g/mol. The number of aliphatic hydroxyl groups is 2. The Labute approximate surface area is 72.2 Å². The van der Waals surface area contributed by atoms with Crippen LogP contribution in [0.1, 0.15) is 13.8 Å². The van der Waals surface area contributed by atoms with E-state index in [9.17, 15) is 0 Å². The van der Waals surface area contributed by atoms with E-state index in [0.717, 1.165) is 0 Å². The first-order valence-electron chi connectivity index (χ1n) is 2.34. The van der Waals surface area contributed by atoms with Crippen molar-refractivity contribution >= 4 is 29.6 Å². The Morgan fingerprint density at radius 2 is 1.38 bits per heavy atom. The molecule has 0 rings (SSSR count). The third kappa shape index (κ3) is 5.06. The van der Waals surface area contributed by atoms with Gasteiger partial charge in [-0.05, 0) is 0 Å². The SMILES string of the molecule is CC(C)(CO)CO.[NaH]. The van der Waals surface area contributed by atoms with E-state index in [-0.39, 0.29) is 48.2 Å². The van der Waals surface area contributed by atoms with Crippen LogP contribution in [-0.4, -0.2) is 53.0 Å². The fourth-order valence-electron chi connectivity index (χ4n) is 0.0500. The van der Waals surface area contributed by atoms with E-state index in [2.05, 4.69) is 0 Å². The summed E-state index contributed by atoms with van der Waals surface area (Å²) in [5, 5.41) is 16.9. The predicted molar refractivity (Wildman–Crippen MR) is 35.1 cm³/mol. The first-order valence-corrected chi connectivity index (χ1v) is 2.34. The first-order chi connectivity index (χ1) is 3.12. The number of aliphatic hydroxyl groups excluding tert-OH is 2. The summed E-state index contributed by atoms with van der Waals surface area (Å²) in [6.45, 7) is 3.69. The molecule has 0 saturated heterocycles. The molecule has 2 N–H and O–H groups in total. The molecule has 0 aliphatic carbocycles. The molecular weight excluding hydrogens is 115 g/mol. The number of hydrogen-bond donors (Lipinski definition) is 2. The molecule has 0 aliphatic heterocycles. The van der Waals surface area contributed by atoms with Crippen molar-refractivity contribution in [2.24, 2.45) is 5.41 Å². The van der Waals surface area contributed by atoms with Gasteiger partial charge in [0.1, 0.15) is 0 Å². The summed E-state index contributed by atoms with van der Waals surface area (Å²) in [5.74, 6) is 0. The zero-order valence-electron chi connectivity index (χ0n) is 4.81. The third-order valence-electron chi connectivity index (χ3n) is 0.856. The van der Waals surface area contributed by atoms with Gasteiger partial charge in [-0.25, -0.2) is 0 Å². The molecule has 0 radical (unpaired) electrons. The zero-order valence-corrected chi connectivity index (χ0v) is 4.81. The van der Waals surface area contributed by atoms with Crippen LogP contribution >= 0.6 is 0 Å². The van der Waals surface area contributed by atoms with E-state index >= 15 is 0 Å². The van der Waals surface area contributed by atoms with E-state index < -0.39 is 0 Å². The van der Waals surface area contributed by atoms with E-state index in [1.807, 2.05) is 0 Å². The van der Waals surface area contributed by atoms with E-state index in [1.54, 1.807) is 13.8 Å². The monoisotopic (exact) mass is 128 g/mol. The molecule has 0 unspecified atom stereocenters. The van der Waals surface area contributed by atoms with Gasteiger partial charge < -0.3 is 10.2 Å². The second-order valence-corrected chi connectivity index (χ2v) is 2.48. The van der Waals surface area contributed by atoms with Crippen LogP contribution in [0, 0.1) is 5.41 Å². The summed E-state index contributed by atoms with van der Waals surface area (Å²) in [5.41, 5.74) is -0.306. The zero-order chi connectivity index (χ0) is 5.91. The third-order valence-corrected chi connectivity index (χ3v) is 0.856. The summed E-state index contributed by atoms with van der Waals surface area (Å²) in [7, 11) is 0. The predicted octanol–water partition coefficient (Wildman–Crippen LogP) is -0.651. The summed E-state index contributed by atoms with van der Waals surface area (Å²) in [6.07, 6.45) is 0. The van der Waals surface area contributed by atoms with Gasteiger partial charge in [0.2, 0.25) is 0 Å². The van der Waals surface area contributed by atoms with Gasteiger partial charge in [0.05, 0.1) is 13.2 Å². The van der Waals surface area contributed by atoms with Crippen LogP contribution in [-0.2, 0) is 0 Å². The molecule has 46 valence electrons. The summed E-state index contributed by atoms with van der Waals surface area (Å²) in [6, 6.07) is 0.